The van der Waals surface area contributed by atoms with Crippen LogP contribution in [0.5, 0.6) is 0 Å². The number of rotatable bonds is 4. The van der Waals surface area contributed by atoms with E-state index >= 15 is 0 Å². The Kier molecular flexibility index (Phi) is 4.69. The lowest BCUT2D eigenvalue weighted by molar-refractivity contribution is -0.115. The smallest absolute Gasteiger partial charge is 0.230 e. The van der Waals surface area contributed by atoms with Crippen LogP contribution in [0.25, 0.3) is 10.7 Å². The summed E-state index contributed by atoms with van der Waals surface area (Å²) in [5.74, 6) is -0.117. The Balaban J connectivity index is 1.69. The summed E-state index contributed by atoms with van der Waals surface area (Å²) in [5.41, 5.74) is 3.24. The van der Waals surface area contributed by atoms with Crippen LogP contribution in [0.15, 0.2) is 48.0 Å². The average Bonchev–Trinajstić information content (AvgIpc) is 3.00. The second-order valence-electron chi connectivity index (χ2n) is 5.04. The summed E-state index contributed by atoms with van der Waals surface area (Å²) in [4.78, 5) is 20.9. The SMILES string of the molecule is Cc1ccc(Cl)cc1NC(=O)Cc1csc(-c2ccccn2)n1. The van der Waals surface area contributed by atoms with E-state index in [2.05, 4.69) is 15.3 Å². The summed E-state index contributed by atoms with van der Waals surface area (Å²) in [6.45, 7) is 1.92. The quantitative estimate of drug-likeness (QED) is 0.766. The number of aromatic nitrogens is 2. The van der Waals surface area contributed by atoms with Gasteiger partial charge in [0, 0.05) is 22.3 Å². The molecule has 0 fully saturated rings. The summed E-state index contributed by atoms with van der Waals surface area (Å²) < 4.78 is 0. The first kappa shape index (κ1) is 15.6. The van der Waals surface area contributed by atoms with Crippen molar-refractivity contribution in [2.24, 2.45) is 0 Å². The number of anilines is 1. The first-order valence-electron chi connectivity index (χ1n) is 7.03. The first-order valence-corrected chi connectivity index (χ1v) is 8.29. The Bertz CT molecular complexity index is 833. The second kappa shape index (κ2) is 6.89. The molecular weight excluding hydrogens is 330 g/mol. The topological polar surface area (TPSA) is 54.9 Å². The number of aryl methyl sites for hydroxylation is 1. The number of carbonyl (C=O) groups is 1. The fourth-order valence-electron chi connectivity index (χ4n) is 2.08. The molecule has 0 aliphatic heterocycles. The van der Waals surface area contributed by atoms with Crippen molar-refractivity contribution >= 4 is 34.5 Å². The van der Waals surface area contributed by atoms with E-state index in [4.69, 9.17) is 11.6 Å². The molecule has 0 atom stereocenters. The Hall–Kier alpha value is -2.24. The van der Waals surface area contributed by atoms with E-state index in [1.54, 1.807) is 18.3 Å². The Labute approximate surface area is 143 Å². The van der Waals surface area contributed by atoms with Crippen LogP contribution in [0.4, 0.5) is 5.69 Å². The number of thiazole rings is 1. The maximum Gasteiger partial charge on any atom is 0.230 e. The van der Waals surface area contributed by atoms with E-state index in [-0.39, 0.29) is 12.3 Å². The lowest BCUT2D eigenvalue weighted by atomic mass is 10.2. The van der Waals surface area contributed by atoms with Crippen LogP contribution in [0.3, 0.4) is 0 Å². The first-order chi connectivity index (χ1) is 11.1. The summed E-state index contributed by atoms with van der Waals surface area (Å²) in [7, 11) is 0. The zero-order valence-corrected chi connectivity index (χ0v) is 14.0. The van der Waals surface area contributed by atoms with Gasteiger partial charge in [0.1, 0.15) is 5.01 Å². The highest BCUT2D eigenvalue weighted by Crippen LogP contribution is 2.23. The monoisotopic (exact) mass is 343 g/mol. The standard InChI is InChI=1S/C17H14ClN3OS/c1-11-5-6-12(18)8-15(11)21-16(22)9-13-10-23-17(20-13)14-4-2-3-7-19-14/h2-8,10H,9H2,1H3,(H,21,22). The number of hydrogen-bond acceptors (Lipinski definition) is 4. The van der Waals surface area contributed by atoms with Gasteiger partial charge < -0.3 is 5.32 Å². The number of nitrogens with zero attached hydrogens (tertiary/aromatic N) is 2. The van der Waals surface area contributed by atoms with Gasteiger partial charge in [-0.25, -0.2) is 4.98 Å². The summed E-state index contributed by atoms with van der Waals surface area (Å²) in [5, 5.41) is 6.16. The van der Waals surface area contributed by atoms with Crippen molar-refractivity contribution in [1.29, 1.82) is 0 Å². The molecule has 0 aliphatic rings. The van der Waals surface area contributed by atoms with Crippen molar-refractivity contribution in [3.8, 4) is 10.7 Å². The van der Waals surface area contributed by atoms with Crippen LogP contribution in [-0.2, 0) is 11.2 Å². The zero-order valence-electron chi connectivity index (χ0n) is 12.4. The minimum absolute atomic E-state index is 0.117. The normalized spacial score (nSPS) is 10.5. The predicted octanol–water partition coefficient (Wildman–Crippen LogP) is 4.35. The van der Waals surface area contributed by atoms with Crippen molar-refractivity contribution in [1.82, 2.24) is 9.97 Å². The fraction of sp³-hybridized carbons (Fsp3) is 0.118. The molecule has 2 aromatic heterocycles. The molecule has 0 aliphatic carbocycles. The van der Waals surface area contributed by atoms with E-state index < -0.39 is 0 Å². The van der Waals surface area contributed by atoms with Crippen molar-refractivity contribution in [2.45, 2.75) is 13.3 Å². The molecular formula is C17H14ClN3OS. The highest BCUT2D eigenvalue weighted by Gasteiger charge is 2.11. The number of nitrogens with one attached hydrogen (secondary N) is 1. The van der Waals surface area contributed by atoms with Gasteiger partial charge in [-0.3, -0.25) is 9.78 Å². The van der Waals surface area contributed by atoms with Gasteiger partial charge in [0.15, 0.2) is 0 Å². The molecule has 23 heavy (non-hydrogen) atoms. The van der Waals surface area contributed by atoms with E-state index in [9.17, 15) is 4.79 Å². The molecule has 1 aromatic carbocycles. The Morgan fingerprint density at radius 1 is 1.30 bits per heavy atom. The van der Waals surface area contributed by atoms with E-state index in [1.807, 2.05) is 36.6 Å². The third kappa shape index (κ3) is 3.94. The minimum atomic E-state index is -0.117. The summed E-state index contributed by atoms with van der Waals surface area (Å²) in [6, 6.07) is 11.1. The summed E-state index contributed by atoms with van der Waals surface area (Å²) >= 11 is 7.44. The molecule has 1 N–H and O–H groups in total. The number of pyridine rings is 1. The average molecular weight is 344 g/mol. The van der Waals surface area contributed by atoms with Crippen LogP contribution in [0.2, 0.25) is 5.02 Å². The van der Waals surface area contributed by atoms with Crippen LogP contribution in [0, 0.1) is 6.92 Å². The molecule has 6 heteroatoms. The van der Waals surface area contributed by atoms with Gasteiger partial charge >= 0.3 is 0 Å². The van der Waals surface area contributed by atoms with Crippen molar-refractivity contribution in [2.75, 3.05) is 5.32 Å². The van der Waals surface area contributed by atoms with Gasteiger partial charge in [-0.15, -0.1) is 11.3 Å². The molecule has 0 unspecified atom stereocenters. The van der Waals surface area contributed by atoms with Crippen LogP contribution in [0.1, 0.15) is 11.3 Å². The van der Waals surface area contributed by atoms with E-state index in [0.717, 1.165) is 27.6 Å². The summed E-state index contributed by atoms with van der Waals surface area (Å²) in [6.07, 6.45) is 1.94. The molecule has 4 nitrogen and oxygen atoms in total. The van der Waals surface area contributed by atoms with Crippen molar-refractivity contribution in [3.05, 3.63) is 64.3 Å². The molecule has 2 heterocycles. The van der Waals surface area contributed by atoms with Crippen LogP contribution < -0.4 is 5.32 Å². The van der Waals surface area contributed by atoms with Crippen LogP contribution >= 0.6 is 22.9 Å². The highest BCUT2D eigenvalue weighted by molar-refractivity contribution is 7.13. The van der Waals surface area contributed by atoms with Gasteiger partial charge in [-0.1, -0.05) is 23.7 Å². The molecule has 3 aromatic rings. The maximum absolute atomic E-state index is 12.2. The van der Waals surface area contributed by atoms with E-state index in [0.29, 0.717) is 5.02 Å². The van der Waals surface area contributed by atoms with Crippen molar-refractivity contribution in [3.63, 3.8) is 0 Å². The largest absolute Gasteiger partial charge is 0.325 e. The highest BCUT2D eigenvalue weighted by atomic mass is 35.5. The molecule has 0 bridgehead atoms. The molecule has 0 saturated heterocycles. The lowest BCUT2D eigenvalue weighted by Crippen LogP contribution is -2.15. The Morgan fingerprint density at radius 3 is 2.96 bits per heavy atom. The molecule has 3 rings (SSSR count). The molecule has 1 amide bonds. The van der Waals surface area contributed by atoms with E-state index in [1.165, 1.54) is 11.3 Å². The number of hydrogen-bond donors (Lipinski definition) is 1. The minimum Gasteiger partial charge on any atom is -0.325 e. The van der Waals surface area contributed by atoms with Crippen molar-refractivity contribution < 1.29 is 4.79 Å². The van der Waals surface area contributed by atoms with Gasteiger partial charge in [-0.2, -0.15) is 0 Å². The number of halogens is 1. The van der Waals surface area contributed by atoms with Gasteiger partial charge in [-0.05, 0) is 36.8 Å². The van der Waals surface area contributed by atoms with Gasteiger partial charge in [0.05, 0.1) is 17.8 Å². The third-order valence-corrected chi connectivity index (χ3v) is 4.40. The fourth-order valence-corrected chi connectivity index (χ4v) is 3.05. The number of carbonyl (C=O) groups excluding carboxylic acids is 1. The molecule has 0 saturated carbocycles. The Morgan fingerprint density at radius 2 is 2.17 bits per heavy atom. The lowest BCUT2D eigenvalue weighted by Gasteiger charge is -2.08. The molecule has 0 radical (unpaired) electrons. The number of benzene rings is 1. The number of amides is 1. The zero-order chi connectivity index (χ0) is 16.2. The van der Waals surface area contributed by atoms with Gasteiger partial charge in [0.2, 0.25) is 5.91 Å². The van der Waals surface area contributed by atoms with Gasteiger partial charge in [0.25, 0.3) is 0 Å². The second-order valence-corrected chi connectivity index (χ2v) is 6.34. The van der Waals surface area contributed by atoms with Crippen LogP contribution in [-0.4, -0.2) is 15.9 Å². The molecule has 116 valence electrons. The predicted molar refractivity (Wildman–Crippen MR) is 93.9 cm³/mol. The molecule has 0 spiro atoms. The maximum atomic E-state index is 12.2. The third-order valence-electron chi connectivity index (χ3n) is 3.25.